The Balaban J connectivity index is 2.01. The molecule has 3 rings (SSSR count). The minimum atomic E-state index is -0.0760. The van der Waals surface area contributed by atoms with Crippen molar-refractivity contribution in [3.63, 3.8) is 0 Å². The highest BCUT2D eigenvalue weighted by atomic mass is 35.5. The van der Waals surface area contributed by atoms with E-state index < -0.39 is 0 Å². The van der Waals surface area contributed by atoms with Crippen LogP contribution in [-0.4, -0.2) is 22.3 Å². The number of ether oxygens (including phenoxy) is 1. The highest BCUT2D eigenvalue weighted by Gasteiger charge is 2.34. The number of nitrogens with zero attached hydrogens (tertiary/aromatic N) is 2. The van der Waals surface area contributed by atoms with Crippen molar-refractivity contribution in [2.24, 2.45) is 0 Å². The fourth-order valence-electron chi connectivity index (χ4n) is 3.06. The molecule has 0 radical (unpaired) electrons. The van der Waals surface area contributed by atoms with Crippen molar-refractivity contribution in [1.29, 1.82) is 0 Å². The monoisotopic (exact) mass is 292 g/mol. The van der Waals surface area contributed by atoms with Crippen LogP contribution in [0.5, 0.6) is 0 Å². The normalized spacial score (nSPS) is 23.8. The number of halogens is 1. The molecule has 0 spiro atoms. The van der Waals surface area contributed by atoms with E-state index in [1.54, 1.807) is 0 Å². The second kappa shape index (κ2) is 5.38. The van der Waals surface area contributed by atoms with Crippen molar-refractivity contribution in [3.8, 4) is 0 Å². The summed E-state index contributed by atoms with van der Waals surface area (Å²) < 4.78 is 8.00. The molecule has 2 aromatic rings. The Kier molecular flexibility index (Phi) is 3.74. The molecule has 0 bridgehead atoms. The zero-order chi connectivity index (χ0) is 14.3. The van der Waals surface area contributed by atoms with Crippen LogP contribution in [0.1, 0.15) is 49.5 Å². The average molecular weight is 293 g/mol. The van der Waals surface area contributed by atoms with Gasteiger partial charge in [0.05, 0.1) is 22.5 Å². The fourth-order valence-corrected chi connectivity index (χ4v) is 3.21. The van der Waals surface area contributed by atoms with Gasteiger partial charge < -0.3 is 9.30 Å². The molecule has 1 aromatic heterocycles. The van der Waals surface area contributed by atoms with Crippen molar-refractivity contribution in [1.82, 2.24) is 9.55 Å². The van der Waals surface area contributed by atoms with Gasteiger partial charge in [-0.1, -0.05) is 12.1 Å². The summed E-state index contributed by atoms with van der Waals surface area (Å²) in [6.45, 7) is 6.94. The molecule has 1 heterocycles. The molecule has 0 N–H and O–H groups in total. The van der Waals surface area contributed by atoms with Gasteiger partial charge in [-0.2, -0.15) is 0 Å². The Morgan fingerprint density at radius 2 is 2.20 bits per heavy atom. The van der Waals surface area contributed by atoms with Gasteiger partial charge in [0.2, 0.25) is 0 Å². The van der Waals surface area contributed by atoms with Crippen LogP contribution >= 0.6 is 11.6 Å². The first kappa shape index (κ1) is 13.9. The fraction of sp³-hybridized carbons (Fsp3) is 0.562. The van der Waals surface area contributed by atoms with Crippen LogP contribution in [0, 0.1) is 6.92 Å². The van der Waals surface area contributed by atoms with Crippen molar-refractivity contribution in [3.05, 3.63) is 29.6 Å². The van der Waals surface area contributed by atoms with Gasteiger partial charge in [-0.15, -0.1) is 11.6 Å². The molecule has 1 aliphatic carbocycles. The van der Waals surface area contributed by atoms with Gasteiger partial charge in [0, 0.05) is 12.6 Å². The third-order valence-electron chi connectivity index (χ3n) is 4.14. The summed E-state index contributed by atoms with van der Waals surface area (Å²) in [4.78, 5) is 4.78. The number of para-hydroxylation sites is 1. The molecule has 1 saturated carbocycles. The van der Waals surface area contributed by atoms with Crippen LogP contribution in [0.4, 0.5) is 0 Å². The second-order valence-electron chi connectivity index (χ2n) is 5.60. The number of fused-ring (bicyclic) bond motifs is 1. The molecule has 1 aliphatic rings. The number of rotatable bonds is 4. The largest absolute Gasteiger partial charge is 0.378 e. The topological polar surface area (TPSA) is 27.1 Å². The predicted molar refractivity (Wildman–Crippen MR) is 82.4 cm³/mol. The highest BCUT2D eigenvalue weighted by molar-refractivity contribution is 6.20. The molecule has 0 saturated heterocycles. The molecule has 1 atom stereocenters. The lowest BCUT2D eigenvalue weighted by Gasteiger charge is -2.37. The molecule has 3 nitrogen and oxygen atoms in total. The zero-order valence-electron chi connectivity index (χ0n) is 12.3. The predicted octanol–water partition coefficient (Wildman–Crippen LogP) is 4.38. The Morgan fingerprint density at radius 3 is 2.85 bits per heavy atom. The summed E-state index contributed by atoms with van der Waals surface area (Å²) in [5.74, 6) is 0.982. The molecule has 1 unspecified atom stereocenters. The van der Waals surface area contributed by atoms with E-state index in [1.807, 2.05) is 6.92 Å². The minimum absolute atomic E-state index is 0.0760. The molecule has 1 aromatic carbocycles. The van der Waals surface area contributed by atoms with Gasteiger partial charge in [0.15, 0.2) is 0 Å². The van der Waals surface area contributed by atoms with E-state index in [9.17, 15) is 0 Å². The second-order valence-corrected chi connectivity index (χ2v) is 6.26. The molecular formula is C16H21ClN2O. The van der Waals surface area contributed by atoms with Gasteiger partial charge in [-0.25, -0.2) is 4.98 Å². The molecule has 0 amide bonds. The van der Waals surface area contributed by atoms with Crippen LogP contribution in [-0.2, 0) is 4.74 Å². The lowest BCUT2D eigenvalue weighted by Crippen LogP contribution is -2.34. The Morgan fingerprint density at radius 1 is 1.45 bits per heavy atom. The summed E-state index contributed by atoms with van der Waals surface area (Å²) >= 11 is 6.34. The number of imidazole rings is 1. The molecule has 20 heavy (non-hydrogen) atoms. The first-order chi connectivity index (χ1) is 9.61. The lowest BCUT2D eigenvalue weighted by molar-refractivity contribution is -0.0193. The molecule has 108 valence electrons. The quantitative estimate of drug-likeness (QED) is 0.782. The summed E-state index contributed by atoms with van der Waals surface area (Å²) in [7, 11) is 0. The Hall–Kier alpha value is -1.06. The van der Waals surface area contributed by atoms with E-state index in [2.05, 4.69) is 36.6 Å². The van der Waals surface area contributed by atoms with Crippen LogP contribution in [0.25, 0.3) is 11.0 Å². The van der Waals surface area contributed by atoms with E-state index in [-0.39, 0.29) is 5.38 Å². The SMILES string of the molecule is CCOC1CC(n2c(C(C)Cl)nc3c(C)cccc32)C1. The Labute approximate surface area is 124 Å². The van der Waals surface area contributed by atoms with Crippen LogP contribution < -0.4 is 0 Å². The molecule has 1 fully saturated rings. The van der Waals surface area contributed by atoms with Crippen LogP contribution in [0.15, 0.2) is 18.2 Å². The minimum Gasteiger partial charge on any atom is -0.378 e. The van der Waals surface area contributed by atoms with Crippen molar-refractivity contribution in [2.45, 2.75) is 51.1 Å². The van der Waals surface area contributed by atoms with E-state index in [1.165, 1.54) is 11.1 Å². The first-order valence-corrected chi connectivity index (χ1v) is 7.78. The summed E-state index contributed by atoms with van der Waals surface area (Å²) in [5.41, 5.74) is 3.49. The molecule has 0 aliphatic heterocycles. The highest BCUT2D eigenvalue weighted by Crippen LogP contribution is 2.40. The van der Waals surface area contributed by atoms with Gasteiger partial charge in [-0.05, 0) is 45.2 Å². The van der Waals surface area contributed by atoms with Crippen molar-refractivity contribution in [2.75, 3.05) is 6.61 Å². The number of benzene rings is 1. The number of hydrogen-bond acceptors (Lipinski definition) is 2. The molecular weight excluding hydrogens is 272 g/mol. The van der Waals surface area contributed by atoms with Crippen LogP contribution in [0.2, 0.25) is 0 Å². The number of alkyl halides is 1. The summed E-state index contributed by atoms with van der Waals surface area (Å²) in [5, 5.41) is -0.0760. The van der Waals surface area contributed by atoms with E-state index in [0.29, 0.717) is 12.1 Å². The summed E-state index contributed by atoms with van der Waals surface area (Å²) in [6.07, 6.45) is 2.51. The maximum Gasteiger partial charge on any atom is 0.127 e. The van der Waals surface area contributed by atoms with Gasteiger partial charge in [0.25, 0.3) is 0 Å². The van der Waals surface area contributed by atoms with Gasteiger partial charge in [0.1, 0.15) is 5.82 Å². The molecule has 4 heteroatoms. The van der Waals surface area contributed by atoms with Crippen molar-refractivity contribution < 1.29 is 4.74 Å². The van der Waals surface area contributed by atoms with E-state index >= 15 is 0 Å². The maximum absolute atomic E-state index is 6.34. The third kappa shape index (κ3) is 2.23. The van der Waals surface area contributed by atoms with Gasteiger partial charge >= 0.3 is 0 Å². The van der Waals surface area contributed by atoms with Crippen LogP contribution in [0.3, 0.4) is 0 Å². The smallest absolute Gasteiger partial charge is 0.127 e. The average Bonchev–Trinajstić information content (AvgIpc) is 2.74. The number of aryl methyl sites for hydroxylation is 1. The number of aromatic nitrogens is 2. The standard InChI is InChI=1S/C16H21ClN2O/c1-4-20-13-8-12(9-13)19-14-7-5-6-10(2)15(14)18-16(19)11(3)17/h5-7,11-13H,4,8-9H2,1-3H3. The Bertz CT molecular complexity index is 614. The van der Waals surface area contributed by atoms with Crippen molar-refractivity contribution >= 4 is 22.6 Å². The lowest BCUT2D eigenvalue weighted by atomic mass is 9.88. The number of hydrogen-bond donors (Lipinski definition) is 0. The van der Waals surface area contributed by atoms with E-state index in [4.69, 9.17) is 21.3 Å². The van der Waals surface area contributed by atoms with Gasteiger partial charge in [-0.3, -0.25) is 0 Å². The zero-order valence-corrected chi connectivity index (χ0v) is 13.0. The summed E-state index contributed by atoms with van der Waals surface area (Å²) in [6, 6.07) is 6.81. The third-order valence-corrected chi connectivity index (χ3v) is 4.34. The first-order valence-electron chi connectivity index (χ1n) is 7.35. The van der Waals surface area contributed by atoms with E-state index in [0.717, 1.165) is 30.8 Å². The maximum atomic E-state index is 6.34.